The molecule has 0 aliphatic rings. The van der Waals surface area contributed by atoms with E-state index in [-0.39, 0.29) is 5.75 Å². The van der Waals surface area contributed by atoms with Gasteiger partial charge in [0.25, 0.3) is 0 Å². The van der Waals surface area contributed by atoms with Gasteiger partial charge < -0.3 is 9.52 Å². The second kappa shape index (κ2) is 9.76. The lowest BCUT2D eigenvalue weighted by Gasteiger charge is -2.08. The minimum Gasteiger partial charge on any atom is -0.506 e. The summed E-state index contributed by atoms with van der Waals surface area (Å²) in [5.74, 6) is 1.62. The Bertz CT molecular complexity index is 4090. The van der Waals surface area contributed by atoms with Crippen LogP contribution in [0.3, 0.4) is 0 Å². The van der Waals surface area contributed by atoms with Gasteiger partial charge >= 0.3 is 0 Å². The van der Waals surface area contributed by atoms with Gasteiger partial charge in [0, 0.05) is 27.1 Å². The van der Waals surface area contributed by atoms with Crippen LogP contribution < -0.4 is 0 Å². The smallest absolute Gasteiger partial charge is 0.222 e. The first kappa shape index (κ1) is 28.5. The van der Waals surface area contributed by atoms with Gasteiger partial charge in [0.2, 0.25) is 11.6 Å². The number of nitrogens with zero attached hydrogens (tertiary/aromatic N) is 8. The fraction of sp³-hybridized carbons (Fsp3) is 0. The van der Waals surface area contributed by atoms with Crippen LogP contribution in [0, 0.1) is 0 Å². The van der Waals surface area contributed by atoms with Crippen LogP contribution in [0.5, 0.6) is 5.75 Å². The molecule has 0 fully saturated rings. The molecule has 10 heteroatoms. The van der Waals surface area contributed by atoms with Gasteiger partial charge in [-0.2, -0.15) is 0 Å². The summed E-state index contributed by atoms with van der Waals surface area (Å²) in [6.45, 7) is 0. The zero-order chi connectivity index (χ0) is 36.4. The normalized spacial score (nSPS) is 12.7. The predicted molar refractivity (Wildman–Crippen MR) is 221 cm³/mol. The van der Waals surface area contributed by atoms with Crippen LogP contribution in [-0.2, 0) is 0 Å². The number of furan rings is 1. The SMILES string of the molecule is Oc1cccc2nc3c4ccccc4n4c5cccc(-c6ccc7nc8c9cc%10oc%11ccccc%11c%10cc9n9c%10ccccc%10nc9n8c7c6)c5nc4n3c12. The summed E-state index contributed by atoms with van der Waals surface area (Å²) in [5.41, 5.74) is 14.0. The molecule has 0 spiro atoms. The van der Waals surface area contributed by atoms with E-state index >= 15 is 0 Å². The van der Waals surface area contributed by atoms with E-state index in [0.29, 0.717) is 16.8 Å². The van der Waals surface area contributed by atoms with Crippen molar-refractivity contribution in [2.45, 2.75) is 0 Å². The molecule has 260 valence electrons. The Morgan fingerprint density at radius 3 is 2.09 bits per heavy atom. The molecule has 14 aromatic rings. The maximum Gasteiger partial charge on any atom is 0.222 e. The van der Waals surface area contributed by atoms with Crippen molar-refractivity contribution in [3.05, 3.63) is 140 Å². The molecule has 56 heavy (non-hydrogen) atoms. The molecule has 0 radical (unpaired) electrons. The monoisotopic (exact) mass is 720 g/mol. The molecule has 0 aliphatic carbocycles. The van der Waals surface area contributed by atoms with Crippen molar-refractivity contribution in [1.82, 2.24) is 37.5 Å². The molecule has 10 nitrogen and oxygen atoms in total. The van der Waals surface area contributed by atoms with Crippen LogP contribution in [0.4, 0.5) is 0 Å². The van der Waals surface area contributed by atoms with E-state index < -0.39 is 0 Å². The third-order valence-corrected chi connectivity index (χ3v) is 11.6. The van der Waals surface area contributed by atoms with Gasteiger partial charge in [-0.1, -0.05) is 66.7 Å². The third kappa shape index (κ3) is 3.38. The topological polar surface area (TPSA) is 103 Å². The van der Waals surface area contributed by atoms with Crippen molar-refractivity contribution in [1.29, 1.82) is 0 Å². The number of phenolic OH excluding ortho intramolecular Hbond substituents is 1. The van der Waals surface area contributed by atoms with E-state index in [0.717, 1.165) is 105 Å². The fourth-order valence-corrected chi connectivity index (χ4v) is 9.20. The molecule has 0 saturated heterocycles. The van der Waals surface area contributed by atoms with Gasteiger partial charge in [0.15, 0.2) is 0 Å². The van der Waals surface area contributed by atoms with Crippen LogP contribution >= 0.6 is 0 Å². The zero-order valence-electron chi connectivity index (χ0n) is 29.2. The highest BCUT2D eigenvalue weighted by Gasteiger charge is 2.23. The summed E-state index contributed by atoms with van der Waals surface area (Å²) in [6, 6.07) is 47.2. The summed E-state index contributed by atoms with van der Waals surface area (Å²) in [4.78, 5) is 20.8. The maximum atomic E-state index is 11.1. The maximum absolute atomic E-state index is 11.1. The number of benzene rings is 7. The number of hydrogen-bond donors (Lipinski definition) is 1. The number of aromatic hydroxyl groups is 1. The summed E-state index contributed by atoms with van der Waals surface area (Å²) in [7, 11) is 0. The number of para-hydroxylation sites is 6. The summed E-state index contributed by atoms with van der Waals surface area (Å²) < 4.78 is 15.0. The van der Waals surface area contributed by atoms with Gasteiger partial charge in [-0.3, -0.25) is 17.6 Å². The molecule has 0 amide bonds. The van der Waals surface area contributed by atoms with E-state index in [2.05, 4.69) is 98.1 Å². The molecule has 0 aliphatic heterocycles. The molecule has 7 heterocycles. The highest BCUT2D eigenvalue weighted by atomic mass is 16.3. The van der Waals surface area contributed by atoms with E-state index in [1.807, 2.05) is 52.9 Å². The molecular formula is C46H24N8O2. The van der Waals surface area contributed by atoms with Crippen molar-refractivity contribution in [2.24, 2.45) is 0 Å². The molecule has 0 saturated carbocycles. The van der Waals surface area contributed by atoms with E-state index in [1.165, 1.54) is 0 Å². The number of hydrogen-bond acceptors (Lipinski definition) is 6. The number of aromatic nitrogens is 8. The van der Waals surface area contributed by atoms with Crippen LogP contribution in [0.25, 0.3) is 122 Å². The first-order valence-corrected chi connectivity index (χ1v) is 18.5. The van der Waals surface area contributed by atoms with Crippen molar-refractivity contribution in [3.63, 3.8) is 0 Å². The summed E-state index contributed by atoms with van der Waals surface area (Å²) in [5, 5.41) is 15.2. The lowest BCUT2D eigenvalue weighted by molar-refractivity contribution is 0.480. The Hall–Kier alpha value is -7.98. The van der Waals surface area contributed by atoms with Crippen LogP contribution in [0.1, 0.15) is 0 Å². The molecule has 0 bridgehead atoms. The first-order valence-electron chi connectivity index (χ1n) is 18.5. The molecule has 14 rings (SSSR count). The van der Waals surface area contributed by atoms with Crippen LogP contribution in [0.2, 0.25) is 0 Å². The number of rotatable bonds is 1. The Morgan fingerprint density at radius 2 is 1.14 bits per heavy atom. The number of imidazole rings is 4. The molecule has 1 N–H and O–H groups in total. The van der Waals surface area contributed by atoms with E-state index in [4.69, 9.17) is 24.4 Å². The van der Waals surface area contributed by atoms with Gasteiger partial charge in [-0.05, 0) is 78.4 Å². The molecule has 0 unspecified atom stereocenters. The zero-order valence-corrected chi connectivity index (χ0v) is 29.2. The second-order valence-corrected chi connectivity index (χ2v) is 14.5. The molecule has 7 aromatic carbocycles. The van der Waals surface area contributed by atoms with E-state index in [9.17, 15) is 5.11 Å². The Balaban J connectivity index is 1.10. The number of fused-ring (bicyclic) bond motifs is 23. The molecule has 7 aromatic heterocycles. The Labute approximate surface area is 313 Å². The quantitative estimate of drug-likeness (QED) is 0.181. The third-order valence-electron chi connectivity index (χ3n) is 11.6. The average molecular weight is 721 g/mol. The van der Waals surface area contributed by atoms with Crippen LogP contribution in [-0.4, -0.2) is 42.6 Å². The van der Waals surface area contributed by atoms with Crippen molar-refractivity contribution in [2.75, 3.05) is 0 Å². The highest BCUT2D eigenvalue weighted by molar-refractivity contribution is 6.13. The Kier molecular flexibility index (Phi) is 4.97. The fourth-order valence-electron chi connectivity index (χ4n) is 9.20. The lowest BCUT2D eigenvalue weighted by atomic mass is 10.0. The lowest BCUT2D eigenvalue weighted by Crippen LogP contribution is -1.98. The van der Waals surface area contributed by atoms with Crippen molar-refractivity contribution >= 4 is 111 Å². The second-order valence-electron chi connectivity index (χ2n) is 14.5. The largest absolute Gasteiger partial charge is 0.506 e. The standard InChI is InChI=1S/C46H24N8O2/c55-38-17-8-13-32-42(38)54-43(48-32)27-10-1-4-14-33(27)51-35-16-7-11-25(41(35)50-46(51)54)24-19-20-31-37(21-24)53-44(47-31)29-23-40-28(26-9-2-6-18-39(26)56-40)22-36(29)52-34-15-5-3-12-30(34)49-45(52)53/h1-23,55H. The summed E-state index contributed by atoms with van der Waals surface area (Å²) in [6.07, 6.45) is 0. The van der Waals surface area contributed by atoms with E-state index in [1.54, 1.807) is 6.07 Å². The minimum absolute atomic E-state index is 0.157. The Morgan fingerprint density at radius 1 is 0.429 bits per heavy atom. The van der Waals surface area contributed by atoms with Gasteiger partial charge in [0.05, 0.1) is 49.7 Å². The highest BCUT2D eigenvalue weighted by Crippen LogP contribution is 2.39. The minimum atomic E-state index is 0.157. The van der Waals surface area contributed by atoms with Crippen molar-refractivity contribution < 1.29 is 9.52 Å². The van der Waals surface area contributed by atoms with Gasteiger partial charge in [0.1, 0.15) is 33.7 Å². The van der Waals surface area contributed by atoms with Gasteiger partial charge in [-0.25, -0.2) is 19.9 Å². The molecule has 0 atom stereocenters. The predicted octanol–water partition coefficient (Wildman–Crippen LogP) is 10.5. The average Bonchev–Trinajstić information content (AvgIpc) is 4.05. The number of phenols is 1. The van der Waals surface area contributed by atoms with Crippen molar-refractivity contribution in [3.8, 4) is 16.9 Å². The summed E-state index contributed by atoms with van der Waals surface area (Å²) >= 11 is 0. The van der Waals surface area contributed by atoms with Gasteiger partial charge in [-0.15, -0.1) is 0 Å². The van der Waals surface area contributed by atoms with Crippen LogP contribution in [0.15, 0.2) is 144 Å². The first-order chi connectivity index (χ1) is 27.7. The molecular weight excluding hydrogens is 697 g/mol.